The first kappa shape index (κ1) is 24.8. The molecule has 1 heterocycles. The molecule has 0 aliphatic heterocycles. The minimum Gasteiger partial charge on any atom is -0.329 e. The van der Waals surface area contributed by atoms with E-state index in [1.807, 2.05) is 97.4 Å². The highest BCUT2D eigenvalue weighted by Gasteiger charge is 2.29. The number of benzene rings is 3. The third kappa shape index (κ3) is 5.92. The number of aryl methyl sites for hydroxylation is 2. The molecular weight excluding hydrogens is 484 g/mol. The summed E-state index contributed by atoms with van der Waals surface area (Å²) in [5, 5.41) is 3.61. The van der Waals surface area contributed by atoms with Crippen LogP contribution in [0, 0.1) is 19.8 Å². The fourth-order valence-electron chi connectivity index (χ4n) is 4.28. The minimum atomic E-state index is -0.288. The fourth-order valence-corrected chi connectivity index (χ4v) is 4.41. The van der Waals surface area contributed by atoms with Gasteiger partial charge in [0.1, 0.15) is 6.54 Å². The Labute approximate surface area is 221 Å². The summed E-state index contributed by atoms with van der Waals surface area (Å²) in [5.41, 5.74) is 5.13. The number of nitrogens with one attached hydrogen (secondary N) is 1. The van der Waals surface area contributed by atoms with Crippen LogP contribution in [0.4, 0.5) is 5.95 Å². The normalized spacial score (nSPS) is 12.8. The topological polar surface area (TPSA) is 67.2 Å². The summed E-state index contributed by atoms with van der Waals surface area (Å²) in [4.78, 5) is 33.1. The summed E-state index contributed by atoms with van der Waals surface area (Å²) in [6.07, 6.45) is 4.06. The van der Waals surface area contributed by atoms with E-state index in [-0.39, 0.29) is 18.4 Å². The molecule has 7 heteroatoms. The molecule has 0 unspecified atom stereocenters. The predicted molar refractivity (Wildman–Crippen MR) is 147 cm³/mol. The molecule has 188 valence electrons. The molecule has 0 saturated heterocycles. The number of halogens is 1. The number of imidazole rings is 1. The standard InChI is InChI=1S/C30H29ClN4O2/c1-20-7-15-25(16-8-20)35-18-27(23-11-13-24(31)14-12-23)32-30(35)33-28(36)19-34(17-22-9-10-22)29(37)26-6-4-3-5-21(26)2/h3-8,11-16,18,22H,9-10,17,19H2,1-2H3,(H,32,33,36). The summed E-state index contributed by atoms with van der Waals surface area (Å²) in [6.45, 7) is 4.47. The molecule has 37 heavy (non-hydrogen) atoms. The Kier molecular flexibility index (Phi) is 7.10. The van der Waals surface area contributed by atoms with Crippen molar-refractivity contribution in [1.29, 1.82) is 0 Å². The quantitative estimate of drug-likeness (QED) is 0.301. The Morgan fingerprint density at radius 3 is 2.38 bits per heavy atom. The van der Waals surface area contributed by atoms with E-state index in [1.54, 1.807) is 4.90 Å². The first-order valence-corrected chi connectivity index (χ1v) is 12.8. The molecular formula is C30H29ClN4O2. The van der Waals surface area contributed by atoms with Crippen LogP contribution in [0.3, 0.4) is 0 Å². The van der Waals surface area contributed by atoms with Crippen LogP contribution in [0.2, 0.25) is 5.02 Å². The van der Waals surface area contributed by atoms with Crippen molar-refractivity contribution in [2.24, 2.45) is 5.92 Å². The highest BCUT2D eigenvalue weighted by molar-refractivity contribution is 6.30. The SMILES string of the molecule is Cc1ccc(-n2cc(-c3ccc(Cl)cc3)nc2NC(=O)CN(CC2CC2)C(=O)c2ccccc2C)cc1. The van der Waals surface area contributed by atoms with Crippen molar-refractivity contribution in [3.05, 3.63) is 101 Å². The third-order valence-corrected chi connectivity index (χ3v) is 6.83. The van der Waals surface area contributed by atoms with Gasteiger partial charge in [-0.25, -0.2) is 4.98 Å². The number of amides is 2. The number of rotatable bonds is 8. The third-order valence-electron chi connectivity index (χ3n) is 6.58. The summed E-state index contributed by atoms with van der Waals surface area (Å²) in [6, 6.07) is 22.9. The van der Waals surface area contributed by atoms with Crippen LogP contribution in [-0.2, 0) is 4.79 Å². The monoisotopic (exact) mass is 512 g/mol. The highest BCUT2D eigenvalue weighted by atomic mass is 35.5. The Morgan fingerprint density at radius 2 is 1.70 bits per heavy atom. The lowest BCUT2D eigenvalue weighted by atomic mass is 10.1. The number of nitrogens with zero attached hydrogens (tertiary/aromatic N) is 3. The number of anilines is 1. The van der Waals surface area contributed by atoms with Gasteiger partial charge in [-0.05, 0) is 68.5 Å². The molecule has 2 amide bonds. The second-order valence-electron chi connectivity index (χ2n) is 9.65. The van der Waals surface area contributed by atoms with Gasteiger partial charge >= 0.3 is 0 Å². The summed E-state index contributed by atoms with van der Waals surface area (Å²) in [7, 11) is 0. The Balaban J connectivity index is 1.42. The van der Waals surface area contributed by atoms with Crippen molar-refractivity contribution in [1.82, 2.24) is 14.5 Å². The van der Waals surface area contributed by atoms with Crippen molar-refractivity contribution < 1.29 is 9.59 Å². The smallest absolute Gasteiger partial charge is 0.254 e. The zero-order valence-corrected chi connectivity index (χ0v) is 21.7. The van der Waals surface area contributed by atoms with Gasteiger partial charge in [-0.15, -0.1) is 0 Å². The van der Waals surface area contributed by atoms with E-state index in [4.69, 9.17) is 16.6 Å². The van der Waals surface area contributed by atoms with Gasteiger partial charge < -0.3 is 4.90 Å². The van der Waals surface area contributed by atoms with Crippen LogP contribution in [0.15, 0.2) is 79.0 Å². The molecule has 4 aromatic rings. The minimum absolute atomic E-state index is 0.0410. The van der Waals surface area contributed by atoms with Gasteiger partial charge in [0.05, 0.1) is 5.69 Å². The zero-order valence-electron chi connectivity index (χ0n) is 20.9. The largest absolute Gasteiger partial charge is 0.329 e. The van der Waals surface area contributed by atoms with E-state index < -0.39 is 0 Å². The van der Waals surface area contributed by atoms with Gasteiger partial charge in [-0.1, -0.05) is 59.6 Å². The number of hydrogen-bond acceptors (Lipinski definition) is 3. The zero-order chi connectivity index (χ0) is 25.9. The van der Waals surface area contributed by atoms with E-state index >= 15 is 0 Å². The molecule has 3 aromatic carbocycles. The second-order valence-corrected chi connectivity index (χ2v) is 10.1. The lowest BCUT2D eigenvalue weighted by Gasteiger charge is -2.23. The highest BCUT2D eigenvalue weighted by Crippen LogP contribution is 2.30. The van der Waals surface area contributed by atoms with Crippen molar-refractivity contribution in [2.75, 3.05) is 18.4 Å². The van der Waals surface area contributed by atoms with Crippen LogP contribution in [-0.4, -0.2) is 39.4 Å². The van der Waals surface area contributed by atoms with Crippen LogP contribution >= 0.6 is 11.6 Å². The van der Waals surface area contributed by atoms with Crippen LogP contribution in [0.25, 0.3) is 16.9 Å². The van der Waals surface area contributed by atoms with Gasteiger partial charge in [-0.2, -0.15) is 0 Å². The summed E-state index contributed by atoms with van der Waals surface area (Å²) < 4.78 is 1.86. The maximum absolute atomic E-state index is 13.4. The summed E-state index contributed by atoms with van der Waals surface area (Å²) in [5.74, 6) is 0.438. The molecule has 1 saturated carbocycles. The van der Waals surface area contributed by atoms with Crippen LogP contribution in [0.1, 0.15) is 34.3 Å². The second kappa shape index (κ2) is 10.6. The number of hydrogen-bond donors (Lipinski definition) is 1. The van der Waals surface area contributed by atoms with Gasteiger partial charge in [0.25, 0.3) is 5.91 Å². The number of carbonyl (C=O) groups excluding carboxylic acids is 2. The number of carbonyl (C=O) groups is 2. The molecule has 5 rings (SSSR count). The maximum atomic E-state index is 13.4. The van der Waals surface area contributed by atoms with Crippen LogP contribution < -0.4 is 5.32 Å². The van der Waals surface area contributed by atoms with E-state index in [1.165, 1.54) is 0 Å². The molecule has 0 atom stereocenters. The lowest BCUT2D eigenvalue weighted by Crippen LogP contribution is -2.40. The fraction of sp³-hybridized carbons (Fsp3) is 0.233. The molecule has 1 N–H and O–H groups in total. The Morgan fingerprint density at radius 1 is 1.00 bits per heavy atom. The predicted octanol–water partition coefficient (Wildman–Crippen LogP) is 6.30. The van der Waals surface area contributed by atoms with Gasteiger partial charge in [0.15, 0.2) is 0 Å². The molecule has 1 aliphatic rings. The maximum Gasteiger partial charge on any atom is 0.254 e. The van der Waals surface area contributed by atoms with Crippen molar-refractivity contribution in [2.45, 2.75) is 26.7 Å². The van der Waals surface area contributed by atoms with Gasteiger partial charge in [0, 0.05) is 34.6 Å². The molecule has 0 radical (unpaired) electrons. The van der Waals surface area contributed by atoms with Crippen molar-refractivity contribution in [3.63, 3.8) is 0 Å². The molecule has 6 nitrogen and oxygen atoms in total. The average molecular weight is 513 g/mol. The van der Waals surface area contributed by atoms with Gasteiger partial charge in [0.2, 0.25) is 11.9 Å². The van der Waals surface area contributed by atoms with E-state index in [0.717, 1.165) is 35.2 Å². The first-order valence-electron chi connectivity index (χ1n) is 12.4. The number of aromatic nitrogens is 2. The van der Waals surface area contributed by atoms with E-state index in [9.17, 15) is 9.59 Å². The molecule has 1 aromatic heterocycles. The molecule has 0 bridgehead atoms. The van der Waals surface area contributed by atoms with E-state index in [0.29, 0.717) is 34.7 Å². The lowest BCUT2D eigenvalue weighted by molar-refractivity contribution is -0.117. The molecule has 1 aliphatic carbocycles. The van der Waals surface area contributed by atoms with Crippen LogP contribution in [0.5, 0.6) is 0 Å². The van der Waals surface area contributed by atoms with E-state index in [2.05, 4.69) is 5.32 Å². The Hall–Kier alpha value is -3.90. The Bertz CT molecular complexity index is 1420. The molecule has 0 spiro atoms. The first-order chi connectivity index (χ1) is 17.9. The van der Waals surface area contributed by atoms with Crippen molar-refractivity contribution in [3.8, 4) is 16.9 Å². The van der Waals surface area contributed by atoms with Crippen molar-refractivity contribution >= 4 is 29.4 Å². The molecule has 1 fully saturated rings. The average Bonchev–Trinajstić information content (AvgIpc) is 3.62. The summed E-state index contributed by atoms with van der Waals surface area (Å²) >= 11 is 6.07. The van der Waals surface area contributed by atoms with Gasteiger partial charge in [-0.3, -0.25) is 19.5 Å².